The van der Waals surface area contributed by atoms with E-state index in [-0.39, 0.29) is 11.6 Å². The molecule has 0 aliphatic heterocycles. The highest BCUT2D eigenvalue weighted by Gasteiger charge is 2.17. The number of carbonyl (C=O) groups is 1. The van der Waals surface area contributed by atoms with Crippen LogP contribution in [0.1, 0.15) is 10.5 Å². The maximum atomic E-state index is 11.7. The third kappa shape index (κ3) is 2.57. The number of amides is 1. The van der Waals surface area contributed by atoms with Crippen molar-refractivity contribution in [2.24, 2.45) is 0 Å². The third-order valence-corrected chi connectivity index (χ3v) is 2.09. The highest BCUT2D eigenvalue weighted by Crippen LogP contribution is 2.18. The van der Waals surface area contributed by atoms with Crippen molar-refractivity contribution in [3.63, 3.8) is 0 Å². The minimum Gasteiger partial charge on any atom is -0.386 e. The predicted molar refractivity (Wildman–Crippen MR) is 57.9 cm³/mol. The molecule has 1 N–H and O–H groups in total. The molecule has 0 radical (unpaired) electrons. The van der Waals surface area contributed by atoms with Crippen molar-refractivity contribution in [2.75, 3.05) is 26.5 Å². The zero-order chi connectivity index (χ0) is 11.4. The summed E-state index contributed by atoms with van der Waals surface area (Å²) < 4.78 is 0. The first-order valence-electron chi connectivity index (χ1n) is 4.25. The molecule has 0 atom stereocenters. The Kier molecular flexibility index (Phi) is 3.88. The minimum atomic E-state index is -0.335. The van der Waals surface area contributed by atoms with E-state index in [0.29, 0.717) is 10.7 Å². The number of nitrogens with zero attached hydrogens (tertiary/aromatic N) is 2. The monoisotopic (exact) mass is 229 g/mol. The quantitative estimate of drug-likeness (QED) is 0.797. The molecule has 0 fully saturated rings. The molecule has 0 unspecified atom stereocenters. The Bertz CT molecular complexity index is 370. The van der Waals surface area contributed by atoms with Crippen LogP contribution in [0, 0.1) is 0 Å². The van der Waals surface area contributed by atoms with Gasteiger partial charge in [0.2, 0.25) is 0 Å². The first-order valence-corrected chi connectivity index (χ1v) is 4.63. The zero-order valence-electron chi connectivity index (χ0n) is 8.74. The van der Waals surface area contributed by atoms with Crippen LogP contribution in [0.5, 0.6) is 0 Å². The van der Waals surface area contributed by atoms with Crippen LogP contribution in [0.2, 0.25) is 5.02 Å². The van der Waals surface area contributed by atoms with Gasteiger partial charge in [0.15, 0.2) is 5.69 Å². The summed E-state index contributed by atoms with van der Waals surface area (Å²) >= 11 is 5.76. The van der Waals surface area contributed by atoms with E-state index in [1.54, 1.807) is 13.1 Å². The van der Waals surface area contributed by atoms with E-state index in [2.05, 4.69) is 10.3 Å². The number of hydroxylamine groups is 2. The van der Waals surface area contributed by atoms with Crippen LogP contribution in [0.15, 0.2) is 12.3 Å². The van der Waals surface area contributed by atoms with Crippen LogP contribution in [-0.2, 0) is 4.84 Å². The fourth-order valence-corrected chi connectivity index (χ4v) is 1.19. The molecule has 0 saturated heterocycles. The van der Waals surface area contributed by atoms with Crippen LogP contribution < -0.4 is 5.32 Å². The smallest absolute Gasteiger partial charge is 0.297 e. The number of hydrogen-bond acceptors (Lipinski definition) is 4. The Morgan fingerprint density at radius 3 is 2.87 bits per heavy atom. The zero-order valence-corrected chi connectivity index (χ0v) is 9.50. The maximum Gasteiger partial charge on any atom is 0.297 e. The summed E-state index contributed by atoms with van der Waals surface area (Å²) in [6, 6.07) is 1.63. The van der Waals surface area contributed by atoms with Gasteiger partial charge < -0.3 is 5.32 Å². The lowest BCUT2D eigenvalue weighted by atomic mass is 10.3. The molecule has 0 aliphatic carbocycles. The maximum absolute atomic E-state index is 11.7. The van der Waals surface area contributed by atoms with Crippen LogP contribution in [-0.4, -0.2) is 37.2 Å². The van der Waals surface area contributed by atoms with Gasteiger partial charge in [-0.1, -0.05) is 11.6 Å². The van der Waals surface area contributed by atoms with Crippen molar-refractivity contribution in [2.45, 2.75) is 0 Å². The van der Waals surface area contributed by atoms with Crippen molar-refractivity contribution in [3.8, 4) is 0 Å². The molecule has 0 aliphatic rings. The number of halogens is 1. The number of rotatable bonds is 3. The second-order valence-electron chi connectivity index (χ2n) is 2.78. The number of nitrogens with one attached hydrogen (secondary N) is 1. The standard InChI is InChI=1S/C9H12ClN3O2/c1-11-7-4-6(10)5-12-8(7)9(14)13(2)15-3/h4-5,11H,1-3H3. The number of aromatic nitrogens is 1. The first-order chi connectivity index (χ1) is 7.10. The highest BCUT2D eigenvalue weighted by atomic mass is 35.5. The van der Waals surface area contributed by atoms with Gasteiger partial charge in [0.1, 0.15) is 0 Å². The van der Waals surface area contributed by atoms with Gasteiger partial charge in [-0.2, -0.15) is 0 Å². The van der Waals surface area contributed by atoms with E-state index in [1.807, 2.05) is 0 Å². The summed E-state index contributed by atoms with van der Waals surface area (Å²) in [6.45, 7) is 0. The van der Waals surface area contributed by atoms with Gasteiger partial charge in [-0.15, -0.1) is 0 Å². The number of hydrogen-bond donors (Lipinski definition) is 1. The second kappa shape index (κ2) is 4.95. The van der Waals surface area contributed by atoms with Crippen molar-refractivity contribution < 1.29 is 9.63 Å². The van der Waals surface area contributed by atoms with E-state index in [0.717, 1.165) is 5.06 Å². The van der Waals surface area contributed by atoms with Crippen LogP contribution in [0.3, 0.4) is 0 Å². The van der Waals surface area contributed by atoms with E-state index in [4.69, 9.17) is 16.4 Å². The summed E-state index contributed by atoms with van der Waals surface area (Å²) in [7, 11) is 4.61. The predicted octanol–water partition coefficient (Wildman–Crippen LogP) is 1.41. The molecule has 1 heterocycles. The summed E-state index contributed by atoms with van der Waals surface area (Å²) in [5.74, 6) is -0.335. The lowest BCUT2D eigenvalue weighted by Gasteiger charge is -2.15. The summed E-state index contributed by atoms with van der Waals surface area (Å²) in [4.78, 5) is 20.5. The van der Waals surface area contributed by atoms with Crippen LogP contribution in [0.4, 0.5) is 5.69 Å². The first kappa shape index (κ1) is 11.7. The van der Waals surface area contributed by atoms with Gasteiger partial charge in [-0.3, -0.25) is 9.63 Å². The molecule has 1 amide bonds. The molecular formula is C9H12ClN3O2. The molecule has 1 rings (SSSR count). The SMILES string of the molecule is CNc1cc(Cl)cnc1C(=O)N(C)OC. The van der Waals surface area contributed by atoms with Gasteiger partial charge in [0.25, 0.3) is 5.91 Å². The van der Waals surface area contributed by atoms with Gasteiger partial charge in [-0.05, 0) is 6.07 Å². The van der Waals surface area contributed by atoms with E-state index in [1.165, 1.54) is 20.4 Å². The Labute approximate surface area is 93.0 Å². The van der Waals surface area contributed by atoms with Crippen molar-refractivity contribution in [1.29, 1.82) is 0 Å². The number of anilines is 1. The normalized spacial score (nSPS) is 9.87. The average Bonchev–Trinajstić information content (AvgIpc) is 2.26. The van der Waals surface area contributed by atoms with E-state index >= 15 is 0 Å². The molecule has 0 spiro atoms. The summed E-state index contributed by atoms with van der Waals surface area (Å²) in [5.41, 5.74) is 0.836. The van der Waals surface area contributed by atoms with Gasteiger partial charge in [0.05, 0.1) is 17.8 Å². The Morgan fingerprint density at radius 1 is 1.67 bits per heavy atom. The second-order valence-corrected chi connectivity index (χ2v) is 3.22. The Balaban J connectivity index is 3.08. The lowest BCUT2D eigenvalue weighted by Crippen LogP contribution is -2.27. The van der Waals surface area contributed by atoms with Crippen LogP contribution >= 0.6 is 11.6 Å². The Hall–Kier alpha value is -1.33. The molecule has 1 aromatic rings. The number of pyridine rings is 1. The molecule has 0 bridgehead atoms. The molecule has 6 heteroatoms. The molecule has 0 saturated carbocycles. The van der Waals surface area contributed by atoms with E-state index < -0.39 is 0 Å². The molecule has 5 nitrogen and oxygen atoms in total. The molecule has 15 heavy (non-hydrogen) atoms. The minimum absolute atomic E-state index is 0.270. The fraction of sp³-hybridized carbons (Fsp3) is 0.333. The van der Waals surface area contributed by atoms with Crippen LogP contribution in [0.25, 0.3) is 0 Å². The van der Waals surface area contributed by atoms with E-state index in [9.17, 15) is 4.79 Å². The lowest BCUT2D eigenvalue weighted by molar-refractivity contribution is -0.0759. The molecule has 0 aromatic carbocycles. The summed E-state index contributed by atoms with van der Waals surface area (Å²) in [5, 5.41) is 4.41. The third-order valence-electron chi connectivity index (χ3n) is 1.89. The van der Waals surface area contributed by atoms with Crippen molar-refractivity contribution >= 4 is 23.2 Å². The van der Waals surface area contributed by atoms with Gasteiger partial charge in [0, 0.05) is 20.3 Å². The fourth-order valence-electron chi connectivity index (χ4n) is 1.03. The largest absolute Gasteiger partial charge is 0.386 e. The molecule has 82 valence electrons. The highest BCUT2D eigenvalue weighted by molar-refractivity contribution is 6.30. The van der Waals surface area contributed by atoms with Gasteiger partial charge in [-0.25, -0.2) is 10.0 Å². The van der Waals surface area contributed by atoms with Crippen molar-refractivity contribution in [1.82, 2.24) is 10.0 Å². The molecule has 1 aromatic heterocycles. The van der Waals surface area contributed by atoms with Gasteiger partial charge >= 0.3 is 0 Å². The van der Waals surface area contributed by atoms with Crippen molar-refractivity contribution in [3.05, 3.63) is 23.0 Å². The molecular weight excluding hydrogens is 218 g/mol. The Morgan fingerprint density at radius 2 is 2.33 bits per heavy atom. The summed E-state index contributed by atoms with van der Waals surface area (Å²) in [6.07, 6.45) is 1.42. The topological polar surface area (TPSA) is 54.5 Å². The number of carbonyl (C=O) groups excluding carboxylic acids is 1. The average molecular weight is 230 g/mol.